The number of carbonyl (C=O) groups excluding carboxylic acids is 1. The van der Waals surface area contributed by atoms with Crippen LogP contribution in [0.15, 0.2) is 36.0 Å². The van der Waals surface area contributed by atoms with Gasteiger partial charge in [-0.1, -0.05) is 0 Å². The average Bonchev–Trinajstić information content (AvgIpc) is 3.21. The lowest BCUT2D eigenvalue weighted by Crippen LogP contribution is -2.34. The van der Waals surface area contributed by atoms with Crippen molar-refractivity contribution < 1.29 is 9.90 Å². The fourth-order valence-corrected chi connectivity index (χ4v) is 4.14. The highest BCUT2D eigenvalue weighted by molar-refractivity contribution is 7.10. The van der Waals surface area contributed by atoms with Gasteiger partial charge in [0.25, 0.3) is 5.91 Å². The van der Waals surface area contributed by atoms with Crippen molar-refractivity contribution >= 4 is 28.3 Å². The number of aromatic nitrogens is 2. The van der Waals surface area contributed by atoms with Gasteiger partial charge in [0, 0.05) is 23.5 Å². The molecule has 0 fully saturated rings. The molecule has 1 aromatic carbocycles. The maximum atomic E-state index is 12.6. The molecule has 0 unspecified atom stereocenters. The molecular weight excluding hydrogens is 348 g/mol. The molecule has 0 saturated carbocycles. The number of nitrogens with one attached hydrogen (secondary N) is 1. The summed E-state index contributed by atoms with van der Waals surface area (Å²) in [7, 11) is 4.05. The van der Waals surface area contributed by atoms with E-state index < -0.39 is 0 Å². The number of nitrogens with zero attached hydrogens (tertiary/aromatic N) is 3. The van der Waals surface area contributed by atoms with E-state index in [1.54, 1.807) is 29.8 Å². The van der Waals surface area contributed by atoms with Crippen molar-refractivity contribution in [2.75, 3.05) is 27.2 Å². The van der Waals surface area contributed by atoms with E-state index in [2.05, 4.69) is 33.6 Å². The third-order valence-corrected chi connectivity index (χ3v) is 5.63. The number of fused-ring (bicyclic) bond motifs is 1. The van der Waals surface area contributed by atoms with Gasteiger partial charge < -0.3 is 19.9 Å². The topological polar surface area (TPSA) is 70.4 Å². The third kappa shape index (κ3) is 3.80. The summed E-state index contributed by atoms with van der Waals surface area (Å²) in [5, 5.41) is 14.2. The second-order valence-electron chi connectivity index (χ2n) is 6.52. The first kappa shape index (κ1) is 18.6. The number of aryl methyl sites for hydroxylation is 1. The molecule has 26 heavy (non-hydrogen) atoms. The van der Waals surface area contributed by atoms with Gasteiger partial charge in [0.05, 0.1) is 30.0 Å². The van der Waals surface area contributed by atoms with Gasteiger partial charge in [-0.2, -0.15) is 0 Å². The molecule has 138 valence electrons. The molecule has 3 aromatic rings. The minimum atomic E-state index is -0.107. The number of hydrogen-bond acceptors (Lipinski definition) is 5. The van der Waals surface area contributed by atoms with Gasteiger partial charge in [0.2, 0.25) is 0 Å². The molecule has 0 aliphatic rings. The SMILES string of the molecule is Cc1ccsc1[C@H](CNC(=O)c1ccc2c(c1)ncn2CCO)N(C)C. The molecule has 0 bridgehead atoms. The summed E-state index contributed by atoms with van der Waals surface area (Å²) >= 11 is 1.72. The van der Waals surface area contributed by atoms with E-state index in [1.807, 2.05) is 24.7 Å². The van der Waals surface area contributed by atoms with Gasteiger partial charge in [-0.3, -0.25) is 4.79 Å². The molecule has 0 aliphatic carbocycles. The monoisotopic (exact) mass is 372 g/mol. The maximum absolute atomic E-state index is 12.6. The number of thiophene rings is 1. The van der Waals surface area contributed by atoms with Crippen LogP contribution in [0.5, 0.6) is 0 Å². The van der Waals surface area contributed by atoms with Crippen molar-refractivity contribution in [3.8, 4) is 0 Å². The van der Waals surface area contributed by atoms with E-state index in [-0.39, 0.29) is 18.6 Å². The van der Waals surface area contributed by atoms with Gasteiger partial charge in [-0.25, -0.2) is 4.98 Å². The Morgan fingerprint density at radius 2 is 2.19 bits per heavy atom. The number of benzene rings is 1. The molecule has 2 N–H and O–H groups in total. The third-order valence-electron chi connectivity index (χ3n) is 4.51. The first-order valence-corrected chi connectivity index (χ1v) is 9.43. The van der Waals surface area contributed by atoms with Crippen LogP contribution < -0.4 is 5.32 Å². The van der Waals surface area contributed by atoms with Crippen LogP contribution in [0.4, 0.5) is 0 Å². The summed E-state index contributed by atoms with van der Waals surface area (Å²) in [4.78, 5) is 20.3. The lowest BCUT2D eigenvalue weighted by Gasteiger charge is -2.24. The average molecular weight is 372 g/mol. The molecule has 1 amide bonds. The number of aliphatic hydroxyl groups excluding tert-OH is 1. The molecule has 2 heterocycles. The van der Waals surface area contributed by atoms with Gasteiger partial charge in [-0.05, 0) is 56.2 Å². The molecule has 0 spiro atoms. The lowest BCUT2D eigenvalue weighted by atomic mass is 10.1. The summed E-state index contributed by atoms with van der Waals surface area (Å²) in [5.41, 5.74) is 3.51. The van der Waals surface area contributed by atoms with E-state index in [4.69, 9.17) is 5.11 Å². The van der Waals surface area contributed by atoms with Crippen molar-refractivity contribution in [3.63, 3.8) is 0 Å². The molecule has 3 rings (SSSR count). The highest BCUT2D eigenvalue weighted by Gasteiger charge is 2.19. The maximum Gasteiger partial charge on any atom is 0.251 e. The summed E-state index contributed by atoms with van der Waals surface area (Å²) in [6.45, 7) is 3.19. The van der Waals surface area contributed by atoms with Crippen LogP contribution in [0.25, 0.3) is 11.0 Å². The lowest BCUT2D eigenvalue weighted by molar-refractivity contribution is 0.0942. The Morgan fingerprint density at radius 3 is 2.85 bits per heavy atom. The summed E-state index contributed by atoms with van der Waals surface area (Å²) in [6.07, 6.45) is 1.68. The van der Waals surface area contributed by atoms with Crippen molar-refractivity contribution in [2.24, 2.45) is 0 Å². The molecular formula is C19H24N4O2S. The van der Waals surface area contributed by atoms with Gasteiger partial charge in [0.15, 0.2) is 0 Å². The van der Waals surface area contributed by atoms with E-state index in [0.717, 1.165) is 11.0 Å². The van der Waals surface area contributed by atoms with Crippen molar-refractivity contribution in [3.05, 3.63) is 52.0 Å². The Kier molecular flexibility index (Phi) is 5.70. The quantitative estimate of drug-likeness (QED) is 0.668. The first-order chi connectivity index (χ1) is 12.5. The second kappa shape index (κ2) is 7.99. The smallest absolute Gasteiger partial charge is 0.251 e. The zero-order chi connectivity index (χ0) is 18.7. The minimum absolute atomic E-state index is 0.0573. The second-order valence-corrected chi connectivity index (χ2v) is 7.47. The Bertz CT molecular complexity index is 900. The highest BCUT2D eigenvalue weighted by Crippen LogP contribution is 2.26. The van der Waals surface area contributed by atoms with Crippen LogP contribution in [-0.2, 0) is 6.54 Å². The van der Waals surface area contributed by atoms with Crippen LogP contribution in [-0.4, -0.2) is 52.7 Å². The molecule has 6 nitrogen and oxygen atoms in total. The fourth-order valence-electron chi connectivity index (χ4n) is 3.02. The number of rotatable bonds is 7. The Morgan fingerprint density at radius 1 is 1.38 bits per heavy atom. The number of amides is 1. The van der Waals surface area contributed by atoms with Crippen molar-refractivity contribution in [2.45, 2.75) is 19.5 Å². The van der Waals surface area contributed by atoms with Crippen LogP contribution in [0.1, 0.15) is 26.8 Å². The summed E-state index contributed by atoms with van der Waals surface area (Å²) < 4.78 is 1.87. The van der Waals surface area contributed by atoms with E-state index in [0.29, 0.717) is 18.7 Å². The van der Waals surface area contributed by atoms with Crippen LogP contribution >= 0.6 is 11.3 Å². The van der Waals surface area contributed by atoms with Crippen LogP contribution in [0, 0.1) is 6.92 Å². The highest BCUT2D eigenvalue weighted by atomic mass is 32.1. The Hall–Kier alpha value is -2.22. The number of carbonyl (C=O) groups is 1. The fraction of sp³-hybridized carbons (Fsp3) is 0.368. The molecule has 0 radical (unpaired) electrons. The normalized spacial score (nSPS) is 12.7. The molecule has 0 aliphatic heterocycles. The predicted molar refractivity (Wildman–Crippen MR) is 105 cm³/mol. The zero-order valence-electron chi connectivity index (χ0n) is 15.3. The zero-order valence-corrected chi connectivity index (χ0v) is 16.1. The standard InChI is InChI=1S/C19H24N4O2S/c1-13-6-9-26-18(13)17(22(2)3)11-20-19(25)14-4-5-16-15(10-14)21-12-23(16)7-8-24/h4-6,9-10,12,17,24H,7-8,11H2,1-3H3,(H,20,25)/t17-/m0/s1. The van der Waals surface area contributed by atoms with E-state index in [1.165, 1.54) is 10.4 Å². The minimum Gasteiger partial charge on any atom is -0.395 e. The van der Waals surface area contributed by atoms with Crippen LogP contribution in [0.2, 0.25) is 0 Å². The molecule has 0 saturated heterocycles. The van der Waals surface area contributed by atoms with E-state index >= 15 is 0 Å². The van der Waals surface area contributed by atoms with Crippen molar-refractivity contribution in [1.29, 1.82) is 0 Å². The summed E-state index contributed by atoms with van der Waals surface area (Å²) in [6, 6.07) is 7.72. The molecule has 2 aromatic heterocycles. The number of aliphatic hydroxyl groups is 1. The number of imidazole rings is 1. The number of hydrogen-bond donors (Lipinski definition) is 2. The largest absolute Gasteiger partial charge is 0.395 e. The van der Waals surface area contributed by atoms with Crippen LogP contribution in [0.3, 0.4) is 0 Å². The van der Waals surface area contributed by atoms with E-state index in [9.17, 15) is 4.79 Å². The molecule has 1 atom stereocenters. The van der Waals surface area contributed by atoms with Gasteiger partial charge >= 0.3 is 0 Å². The first-order valence-electron chi connectivity index (χ1n) is 8.55. The molecule has 7 heteroatoms. The summed E-state index contributed by atoms with van der Waals surface area (Å²) in [5.74, 6) is -0.107. The predicted octanol–water partition coefficient (Wildman–Crippen LogP) is 2.43. The number of likely N-dealkylation sites (N-methyl/N-ethyl adjacent to an activating group) is 1. The Labute approximate surface area is 157 Å². The van der Waals surface area contributed by atoms with Gasteiger partial charge in [-0.15, -0.1) is 11.3 Å². The van der Waals surface area contributed by atoms with Gasteiger partial charge in [0.1, 0.15) is 0 Å². The van der Waals surface area contributed by atoms with Crippen molar-refractivity contribution in [1.82, 2.24) is 19.8 Å². The Balaban J connectivity index is 1.73.